The molecule has 5 nitrogen and oxygen atoms in total. The lowest BCUT2D eigenvalue weighted by atomic mass is 10.2. The fourth-order valence-electron chi connectivity index (χ4n) is 1.95. The van der Waals surface area contributed by atoms with Crippen LogP contribution in [0.3, 0.4) is 0 Å². The Labute approximate surface area is 94.0 Å². The van der Waals surface area contributed by atoms with Gasteiger partial charge in [0.15, 0.2) is 0 Å². The van der Waals surface area contributed by atoms with E-state index in [4.69, 9.17) is 0 Å². The minimum atomic E-state index is -0.659. The molecule has 3 rings (SSSR count). The second-order valence-electron chi connectivity index (χ2n) is 3.61. The lowest BCUT2D eigenvalue weighted by Gasteiger charge is -1.92. The smallest absolute Gasteiger partial charge is 0.293 e. The van der Waals surface area contributed by atoms with Gasteiger partial charge in [-0.05, 0) is 6.07 Å². The number of para-hydroxylation sites is 1. The Hall–Kier alpha value is -2.50. The Morgan fingerprint density at radius 3 is 2.76 bits per heavy atom. The Balaban J connectivity index is 2.55. The molecule has 3 aromatic rings. The topological polar surface area (TPSA) is 71.8 Å². The highest BCUT2D eigenvalue weighted by Crippen LogP contribution is 2.31. The van der Waals surface area contributed by atoms with Crippen LogP contribution in [0.4, 0.5) is 10.1 Å². The van der Waals surface area contributed by atoms with Gasteiger partial charge in [0.05, 0.1) is 4.92 Å². The van der Waals surface area contributed by atoms with Crippen molar-refractivity contribution >= 4 is 27.5 Å². The molecular weight excluding hydrogens is 225 g/mol. The average Bonchev–Trinajstić information content (AvgIpc) is 2.69. The first kappa shape index (κ1) is 9.71. The Morgan fingerprint density at radius 1 is 1.24 bits per heavy atom. The summed E-state index contributed by atoms with van der Waals surface area (Å²) in [5, 5.41) is 12.1. The Morgan fingerprint density at radius 2 is 2.00 bits per heavy atom. The third kappa shape index (κ3) is 1.27. The van der Waals surface area contributed by atoms with Gasteiger partial charge in [-0.1, -0.05) is 12.1 Å². The van der Waals surface area contributed by atoms with Crippen molar-refractivity contribution in [2.45, 2.75) is 0 Å². The number of fused-ring (bicyclic) bond motifs is 3. The number of aromatic amines is 1. The Kier molecular flexibility index (Phi) is 1.85. The summed E-state index contributed by atoms with van der Waals surface area (Å²) in [6.07, 6.45) is 1.34. The lowest BCUT2D eigenvalue weighted by molar-refractivity contribution is -0.383. The third-order valence-electron chi connectivity index (χ3n) is 2.68. The molecule has 0 fully saturated rings. The summed E-state index contributed by atoms with van der Waals surface area (Å²) in [5.74, 6) is -0.659. The second-order valence-corrected chi connectivity index (χ2v) is 3.61. The minimum Gasteiger partial charge on any atom is -0.345 e. The maximum atomic E-state index is 13.4. The van der Waals surface area contributed by atoms with Crippen LogP contribution in [0.25, 0.3) is 21.8 Å². The molecule has 0 aliphatic carbocycles. The fraction of sp³-hybridized carbons (Fsp3) is 0. The number of nitro benzene ring substituents is 1. The molecule has 0 aliphatic heterocycles. The molecule has 0 amide bonds. The first-order valence-corrected chi connectivity index (χ1v) is 4.88. The molecule has 2 heterocycles. The molecule has 0 radical (unpaired) electrons. The van der Waals surface area contributed by atoms with Crippen molar-refractivity contribution in [2.24, 2.45) is 0 Å². The molecule has 0 saturated heterocycles. The number of benzene rings is 1. The highest BCUT2D eigenvalue weighted by Gasteiger charge is 2.16. The van der Waals surface area contributed by atoms with E-state index in [-0.39, 0.29) is 11.2 Å². The number of H-pyrrole nitrogens is 1. The van der Waals surface area contributed by atoms with Crippen molar-refractivity contribution in [1.29, 1.82) is 0 Å². The van der Waals surface area contributed by atoms with Gasteiger partial charge in [-0.3, -0.25) is 10.1 Å². The summed E-state index contributed by atoms with van der Waals surface area (Å²) in [6.45, 7) is 0. The molecule has 2 aromatic heterocycles. The van der Waals surface area contributed by atoms with Crippen molar-refractivity contribution in [2.75, 3.05) is 0 Å². The molecule has 0 aliphatic rings. The van der Waals surface area contributed by atoms with Crippen molar-refractivity contribution in [3.63, 3.8) is 0 Å². The summed E-state index contributed by atoms with van der Waals surface area (Å²) >= 11 is 0. The molecule has 1 aromatic carbocycles. The van der Waals surface area contributed by atoms with Gasteiger partial charge in [0.25, 0.3) is 5.69 Å². The van der Waals surface area contributed by atoms with Crippen LogP contribution in [0.15, 0.2) is 30.5 Å². The largest absolute Gasteiger partial charge is 0.345 e. The monoisotopic (exact) mass is 231 g/mol. The van der Waals surface area contributed by atoms with E-state index in [1.54, 1.807) is 18.2 Å². The predicted molar refractivity (Wildman–Crippen MR) is 60.2 cm³/mol. The van der Waals surface area contributed by atoms with Gasteiger partial charge in [0, 0.05) is 23.0 Å². The fourth-order valence-corrected chi connectivity index (χ4v) is 1.95. The quantitative estimate of drug-likeness (QED) is 0.397. The summed E-state index contributed by atoms with van der Waals surface area (Å²) < 4.78 is 13.4. The summed E-state index contributed by atoms with van der Waals surface area (Å²) in [7, 11) is 0. The summed E-state index contributed by atoms with van der Waals surface area (Å²) in [4.78, 5) is 16.6. The number of pyridine rings is 1. The average molecular weight is 231 g/mol. The van der Waals surface area contributed by atoms with Crippen molar-refractivity contribution in [3.05, 3.63) is 46.5 Å². The molecule has 0 unspecified atom stereocenters. The van der Waals surface area contributed by atoms with Crippen LogP contribution in [-0.2, 0) is 0 Å². The zero-order chi connectivity index (χ0) is 12.0. The van der Waals surface area contributed by atoms with E-state index in [1.807, 2.05) is 0 Å². The van der Waals surface area contributed by atoms with Crippen LogP contribution < -0.4 is 0 Å². The third-order valence-corrected chi connectivity index (χ3v) is 2.68. The molecule has 0 saturated carbocycles. The molecule has 6 heteroatoms. The molecule has 0 spiro atoms. The lowest BCUT2D eigenvalue weighted by Crippen LogP contribution is -1.88. The van der Waals surface area contributed by atoms with Gasteiger partial charge in [-0.15, -0.1) is 0 Å². The predicted octanol–water partition coefficient (Wildman–Crippen LogP) is 2.76. The van der Waals surface area contributed by atoms with Crippen LogP contribution in [-0.4, -0.2) is 14.9 Å². The highest BCUT2D eigenvalue weighted by atomic mass is 19.1. The van der Waals surface area contributed by atoms with E-state index in [0.29, 0.717) is 16.3 Å². The number of halogens is 1. The van der Waals surface area contributed by atoms with E-state index in [0.717, 1.165) is 0 Å². The van der Waals surface area contributed by atoms with E-state index in [2.05, 4.69) is 9.97 Å². The summed E-state index contributed by atoms with van der Waals surface area (Å²) in [6, 6.07) is 6.29. The van der Waals surface area contributed by atoms with Gasteiger partial charge in [0.2, 0.25) is 5.95 Å². The van der Waals surface area contributed by atoms with Crippen molar-refractivity contribution in [1.82, 2.24) is 9.97 Å². The first-order valence-electron chi connectivity index (χ1n) is 4.88. The number of hydrogen-bond donors (Lipinski definition) is 1. The number of hydrogen-bond acceptors (Lipinski definition) is 3. The van der Waals surface area contributed by atoms with Gasteiger partial charge < -0.3 is 4.98 Å². The van der Waals surface area contributed by atoms with Gasteiger partial charge in [-0.25, -0.2) is 4.98 Å². The van der Waals surface area contributed by atoms with Gasteiger partial charge in [-0.2, -0.15) is 4.39 Å². The van der Waals surface area contributed by atoms with Gasteiger partial charge in [0.1, 0.15) is 11.0 Å². The molecular formula is C11H6FN3O2. The normalized spacial score (nSPS) is 11.1. The van der Waals surface area contributed by atoms with Crippen LogP contribution >= 0.6 is 0 Å². The number of nitrogens with one attached hydrogen (secondary N) is 1. The first-order chi connectivity index (χ1) is 8.18. The minimum absolute atomic E-state index is 0.0712. The van der Waals surface area contributed by atoms with Gasteiger partial charge >= 0.3 is 0 Å². The van der Waals surface area contributed by atoms with Crippen molar-refractivity contribution < 1.29 is 9.31 Å². The maximum Gasteiger partial charge on any atom is 0.293 e. The zero-order valence-corrected chi connectivity index (χ0v) is 8.48. The highest BCUT2D eigenvalue weighted by molar-refractivity contribution is 6.09. The van der Waals surface area contributed by atoms with E-state index in [9.17, 15) is 14.5 Å². The number of nitro groups is 1. The number of non-ortho nitro benzene ring substituents is 1. The standard InChI is InChI=1S/C11H6FN3O2/c12-11-10-7(4-5-13-11)6-2-1-3-8(15(16)17)9(6)14-10/h1-5,14H. The molecule has 84 valence electrons. The molecule has 17 heavy (non-hydrogen) atoms. The molecule has 0 bridgehead atoms. The maximum absolute atomic E-state index is 13.4. The van der Waals surface area contributed by atoms with Crippen LogP contribution in [0, 0.1) is 16.1 Å². The number of nitrogens with zero attached hydrogens (tertiary/aromatic N) is 2. The van der Waals surface area contributed by atoms with E-state index in [1.165, 1.54) is 12.3 Å². The Bertz CT molecular complexity index is 751. The number of aromatic nitrogens is 2. The summed E-state index contributed by atoms with van der Waals surface area (Å²) in [5.41, 5.74) is 0.439. The zero-order valence-electron chi connectivity index (χ0n) is 8.48. The van der Waals surface area contributed by atoms with E-state index < -0.39 is 10.9 Å². The molecule has 0 atom stereocenters. The second kappa shape index (κ2) is 3.24. The van der Waals surface area contributed by atoms with Crippen molar-refractivity contribution in [3.8, 4) is 0 Å². The van der Waals surface area contributed by atoms with Crippen LogP contribution in [0.1, 0.15) is 0 Å². The molecule has 1 N–H and O–H groups in total. The van der Waals surface area contributed by atoms with Crippen LogP contribution in [0.5, 0.6) is 0 Å². The van der Waals surface area contributed by atoms with E-state index >= 15 is 0 Å². The SMILES string of the molecule is O=[N+]([O-])c1cccc2c1[nH]c1c(F)nccc12. The van der Waals surface area contributed by atoms with Crippen LogP contribution in [0.2, 0.25) is 0 Å². The number of rotatable bonds is 1.